The molecule has 0 radical (unpaired) electrons. The van der Waals surface area contributed by atoms with E-state index in [4.69, 9.17) is 14.6 Å². The molecule has 3 rings (SSSR count). The second-order valence-electron chi connectivity index (χ2n) is 7.22. The predicted molar refractivity (Wildman–Crippen MR) is 87.0 cm³/mol. The highest BCUT2D eigenvalue weighted by Gasteiger charge is 2.28. The average molecular weight is 319 g/mol. The van der Waals surface area contributed by atoms with Gasteiger partial charge >= 0.3 is 5.97 Å². The van der Waals surface area contributed by atoms with Crippen molar-refractivity contribution in [2.45, 2.75) is 51.0 Å². The minimum atomic E-state index is -0.649. The van der Waals surface area contributed by atoms with E-state index < -0.39 is 5.97 Å². The maximum atomic E-state index is 11.0. The van der Waals surface area contributed by atoms with Gasteiger partial charge in [0.25, 0.3) is 0 Å². The lowest BCUT2D eigenvalue weighted by atomic mass is 9.82. The second-order valence-corrected chi connectivity index (χ2v) is 7.22. The standard InChI is InChI=1S/C18H25NO4/c1-18(2,13-5-8-15-16(9-13)23-11-22-15)10-19-14-6-3-12(4-7-14)17(20)21/h5,8-9,12,14,19H,3-4,6-7,10-11H2,1-2H3,(H,20,21). The predicted octanol–water partition coefficient (Wildman–Crippen LogP) is 2.93. The van der Waals surface area contributed by atoms with Crippen LogP contribution in [-0.2, 0) is 10.2 Å². The maximum absolute atomic E-state index is 11.0. The van der Waals surface area contributed by atoms with E-state index in [9.17, 15) is 4.79 Å². The molecule has 23 heavy (non-hydrogen) atoms. The van der Waals surface area contributed by atoms with Crippen LogP contribution in [-0.4, -0.2) is 30.5 Å². The van der Waals surface area contributed by atoms with Gasteiger partial charge in [-0.3, -0.25) is 4.79 Å². The van der Waals surface area contributed by atoms with E-state index in [-0.39, 0.29) is 11.3 Å². The van der Waals surface area contributed by atoms with Crippen LogP contribution in [0.25, 0.3) is 0 Å². The fourth-order valence-electron chi connectivity index (χ4n) is 3.36. The minimum Gasteiger partial charge on any atom is -0.481 e. The van der Waals surface area contributed by atoms with Crippen LogP contribution in [0.5, 0.6) is 11.5 Å². The number of hydrogen-bond donors (Lipinski definition) is 2. The number of ether oxygens (including phenoxy) is 2. The molecule has 0 saturated heterocycles. The molecule has 1 aliphatic heterocycles. The molecule has 1 fully saturated rings. The molecule has 0 atom stereocenters. The molecule has 2 aliphatic rings. The zero-order valence-corrected chi connectivity index (χ0v) is 13.8. The van der Waals surface area contributed by atoms with Gasteiger partial charge < -0.3 is 19.9 Å². The number of carboxylic acids is 1. The van der Waals surface area contributed by atoms with E-state index in [2.05, 4.69) is 31.3 Å². The summed E-state index contributed by atoms with van der Waals surface area (Å²) in [5.41, 5.74) is 1.19. The highest BCUT2D eigenvalue weighted by atomic mass is 16.7. The van der Waals surface area contributed by atoms with Crippen LogP contribution >= 0.6 is 0 Å². The van der Waals surface area contributed by atoms with E-state index >= 15 is 0 Å². The number of carbonyl (C=O) groups is 1. The molecule has 1 aromatic carbocycles. The van der Waals surface area contributed by atoms with Gasteiger partial charge in [-0.25, -0.2) is 0 Å². The summed E-state index contributed by atoms with van der Waals surface area (Å²) in [5, 5.41) is 12.7. The van der Waals surface area contributed by atoms with Crippen molar-refractivity contribution in [1.29, 1.82) is 0 Å². The van der Waals surface area contributed by atoms with Crippen molar-refractivity contribution in [3.05, 3.63) is 23.8 Å². The van der Waals surface area contributed by atoms with Gasteiger partial charge in [-0.15, -0.1) is 0 Å². The van der Waals surface area contributed by atoms with Crippen LogP contribution < -0.4 is 14.8 Å². The summed E-state index contributed by atoms with van der Waals surface area (Å²) in [6, 6.07) is 6.54. The molecule has 0 amide bonds. The van der Waals surface area contributed by atoms with Crippen molar-refractivity contribution in [1.82, 2.24) is 5.32 Å². The zero-order chi connectivity index (χ0) is 16.4. The smallest absolute Gasteiger partial charge is 0.306 e. The monoisotopic (exact) mass is 319 g/mol. The number of nitrogens with one attached hydrogen (secondary N) is 1. The molecule has 0 unspecified atom stereocenters. The largest absolute Gasteiger partial charge is 0.481 e. The molecular weight excluding hydrogens is 294 g/mol. The molecule has 1 aromatic rings. The van der Waals surface area contributed by atoms with Crippen LogP contribution in [0.4, 0.5) is 0 Å². The van der Waals surface area contributed by atoms with Gasteiger partial charge in [-0.1, -0.05) is 19.9 Å². The number of aliphatic carboxylic acids is 1. The Kier molecular flexibility index (Phi) is 4.48. The van der Waals surface area contributed by atoms with Gasteiger partial charge in [0.05, 0.1) is 5.92 Å². The number of rotatable bonds is 5. The Hall–Kier alpha value is -1.75. The van der Waals surface area contributed by atoms with E-state index in [1.165, 1.54) is 5.56 Å². The Balaban J connectivity index is 1.56. The molecule has 1 heterocycles. The molecule has 5 nitrogen and oxygen atoms in total. The number of hydrogen-bond acceptors (Lipinski definition) is 4. The summed E-state index contributed by atoms with van der Waals surface area (Å²) in [7, 11) is 0. The Labute approximate surface area is 137 Å². The number of carboxylic acid groups (broad SMARTS) is 1. The van der Waals surface area contributed by atoms with Crippen molar-refractivity contribution < 1.29 is 19.4 Å². The van der Waals surface area contributed by atoms with Crippen molar-refractivity contribution >= 4 is 5.97 Å². The van der Waals surface area contributed by atoms with Gasteiger partial charge in [0, 0.05) is 18.0 Å². The topological polar surface area (TPSA) is 67.8 Å². The summed E-state index contributed by atoms with van der Waals surface area (Å²) in [6.45, 7) is 5.57. The van der Waals surface area contributed by atoms with Gasteiger partial charge in [0.15, 0.2) is 11.5 Å². The van der Waals surface area contributed by atoms with Gasteiger partial charge in [-0.05, 0) is 43.4 Å². The van der Waals surface area contributed by atoms with Gasteiger partial charge in [0.2, 0.25) is 6.79 Å². The summed E-state index contributed by atoms with van der Waals surface area (Å²) in [5.74, 6) is 0.820. The zero-order valence-electron chi connectivity index (χ0n) is 13.8. The van der Waals surface area contributed by atoms with Crippen LogP contribution in [0.1, 0.15) is 45.1 Å². The minimum absolute atomic E-state index is 0.0232. The van der Waals surface area contributed by atoms with Crippen LogP contribution in [0, 0.1) is 5.92 Å². The molecule has 0 aromatic heterocycles. The number of fused-ring (bicyclic) bond motifs is 1. The van der Waals surface area contributed by atoms with Gasteiger partial charge in [-0.2, -0.15) is 0 Å². The third-order valence-electron chi connectivity index (χ3n) is 5.06. The Morgan fingerprint density at radius 1 is 1.22 bits per heavy atom. The lowest BCUT2D eigenvalue weighted by Gasteiger charge is -2.32. The normalized spacial score (nSPS) is 23.7. The summed E-state index contributed by atoms with van der Waals surface area (Å²) >= 11 is 0. The summed E-state index contributed by atoms with van der Waals surface area (Å²) < 4.78 is 10.8. The van der Waals surface area contributed by atoms with Crippen molar-refractivity contribution in [2.75, 3.05) is 13.3 Å². The highest BCUT2D eigenvalue weighted by molar-refractivity contribution is 5.70. The van der Waals surface area contributed by atoms with Crippen molar-refractivity contribution in [3.8, 4) is 11.5 Å². The van der Waals surface area contributed by atoms with Crippen LogP contribution in [0.3, 0.4) is 0 Å². The first-order valence-electron chi connectivity index (χ1n) is 8.32. The average Bonchev–Trinajstić information content (AvgIpc) is 3.01. The first-order valence-corrected chi connectivity index (χ1v) is 8.32. The Morgan fingerprint density at radius 2 is 1.91 bits per heavy atom. The maximum Gasteiger partial charge on any atom is 0.306 e. The highest BCUT2D eigenvalue weighted by Crippen LogP contribution is 2.36. The first kappa shape index (κ1) is 16.1. The molecule has 126 valence electrons. The Bertz CT molecular complexity index is 576. The van der Waals surface area contributed by atoms with E-state index in [0.717, 1.165) is 43.7 Å². The van der Waals surface area contributed by atoms with Crippen LogP contribution in [0.15, 0.2) is 18.2 Å². The molecular formula is C18H25NO4. The molecule has 0 spiro atoms. The number of benzene rings is 1. The third kappa shape index (κ3) is 3.61. The molecule has 5 heteroatoms. The first-order chi connectivity index (χ1) is 11.0. The molecule has 1 aliphatic carbocycles. The summed E-state index contributed by atoms with van der Waals surface area (Å²) in [6.07, 6.45) is 3.43. The van der Waals surface area contributed by atoms with Crippen LogP contribution in [0.2, 0.25) is 0 Å². The van der Waals surface area contributed by atoms with E-state index in [1.807, 2.05) is 6.07 Å². The lowest BCUT2D eigenvalue weighted by molar-refractivity contribution is -0.142. The Morgan fingerprint density at radius 3 is 2.61 bits per heavy atom. The molecule has 1 saturated carbocycles. The van der Waals surface area contributed by atoms with E-state index in [1.54, 1.807) is 0 Å². The SMILES string of the molecule is CC(C)(CNC1CCC(C(=O)O)CC1)c1ccc2c(c1)OCO2. The van der Waals surface area contributed by atoms with Gasteiger partial charge in [0.1, 0.15) is 0 Å². The quantitative estimate of drug-likeness (QED) is 0.873. The lowest BCUT2D eigenvalue weighted by Crippen LogP contribution is -2.41. The second kappa shape index (κ2) is 6.40. The fourth-order valence-corrected chi connectivity index (χ4v) is 3.36. The molecule has 0 bridgehead atoms. The third-order valence-corrected chi connectivity index (χ3v) is 5.06. The van der Waals surface area contributed by atoms with E-state index in [0.29, 0.717) is 12.8 Å². The fraction of sp³-hybridized carbons (Fsp3) is 0.611. The summed E-state index contributed by atoms with van der Waals surface area (Å²) in [4.78, 5) is 11.0. The molecule has 2 N–H and O–H groups in total. The van der Waals surface area contributed by atoms with Crippen molar-refractivity contribution in [3.63, 3.8) is 0 Å². The van der Waals surface area contributed by atoms with Crippen molar-refractivity contribution in [2.24, 2.45) is 5.92 Å².